The summed E-state index contributed by atoms with van der Waals surface area (Å²) < 4.78 is 10.7. The van der Waals surface area contributed by atoms with Gasteiger partial charge in [0.2, 0.25) is 0 Å². The summed E-state index contributed by atoms with van der Waals surface area (Å²) in [7, 11) is 0. The Kier molecular flexibility index (Phi) is 5.00. The lowest BCUT2D eigenvalue weighted by molar-refractivity contribution is -0.146. The zero-order valence-corrected chi connectivity index (χ0v) is 15.5. The number of fused-ring (bicyclic) bond motifs is 3. The molecule has 3 aromatic carbocycles. The highest BCUT2D eigenvalue weighted by Crippen LogP contribution is 2.30. The molecule has 0 atom stereocenters. The molecule has 4 rings (SSSR count). The van der Waals surface area contributed by atoms with E-state index < -0.39 is 11.9 Å². The van der Waals surface area contributed by atoms with Gasteiger partial charge in [-0.05, 0) is 29.0 Å². The molecule has 0 unspecified atom stereocenters. The Labute approximate surface area is 165 Å². The monoisotopic (exact) mass is 393 g/mol. The highest BCUT2D eigenvalue weighted by molar-refractivity contribution is 6.33. The summed E-state index contributed by atoms with van der Waals surface area (Å²) in [5.74, 6) is -0.964. The Bertz CT molecular complexity index is 1180. The Morgan fingerprint density at radius 1 is 1.00 bits per heavy atom. The molecule has 4 aromatic rings. The average molecular weight is 394 g/mol. The number of nitrogens with one attached hydrogen (secondary N) is 1. The molecule has 0 saturated carbocycles. The summed E-state index contributed by atoms with van der Waals surface area (Å²) >= 11 is 6.00. The Balaban J connectivity index is 1.44. The number of furan rings is 1. The first-order valence-electron chi connectivity index (χ1n) is 8.69. The van der Waals surface area contributed by atoms with Gasteiger partial charge in [0.15, 0.2) is 6.61 Å². The number of benzene rings is 3. The average Bonchev–Trinajstić information content (AvgIpc) is 3.11. The smallest absolute Gasteiger partial charge is 0.310 e. The van der Waals surface area contributed by atoms with Gasteiger partial charge in [-0.1, -0.05) is 54.1 Å². The summed E-state index contributed by atoms with van der Waals surface area (Å²) in [4.78, 5) is 24.2. The summed E-state index contributed by atoms with van der Waals surface area (Å²) in [6, 6.07) is 18.6. The van der Waals surface area contributed by atoms with E-state index in [9.17, 15) is 9.59 Å². The maximum absolute atomic E-state index is 12.2. The van der Waals surface area contributed by atoms with Crippen LogP contribution in [-0.4, -0.2) is 18.5 Å². The molecule has 1 amide bonds. The van der Waals surface area contributed by atoms with Crippen molar-refractivity contribution < 1.29 is 18.7 Å². The van der Waals surface area contributed by atoms with Crippen LogP contribution in [-0.2, 0) is 20.7 Å². The van der Waals surface area contributed by atoms with Gasteiger partial charge in [-0.25, -0.2) is 0 Å². The number of hydrogen-bond donors (Lipinski definition) is 1. The van der Waals surface area contributed by atoms with Gasteiger partial charge in [0.1, 0.15) is 5.58 Å². The minimum absolute atomic E-state index is 0.0143. The second kappa shape index (κ2) is 7.74. The normalized spacial score (nSPS) is 10.9. The van der Waals surface area contributed by atoms with Crippen molar-refractivity contribution in [3.8, 4) is 0 Å². The fourth-order valence-electron chi connectivity index (χ4n) is 3.11. The second-order valence-electron chi connectivity index (χ2n) is 6.29. The molecule has 140 valence electrons. The minimum Gasteiger partial charge on any atom is -0.464 e. The van der Waals surface area contributed by atoms with Crippen LogP contribution >= 0.6 is 11.6 Å². The number of carbonyl (C=O) groups is 2. The first-order chi connectivity index (χ1) is 13.6. The van der Waals surface area contributed by atoms with Crippen LogP contribution in [0.15, 0.2) is 71.3 Å². The minimum atomic E-state index is -0.509. The largest absolute Gasteiger partial charge is 0.464 e. The van der Waals surface area contributed by atoms with Crippen molar-refractivity contribution in [2.24, 2.45) is 0 Å². The molecule has 6 heteroatoms. The fraction of sp³-hybridized carbons (Fsp3) is 0.0909. The first-order valence-corrected chi connectivity index (χ1v) is 9.07. The lowest BCUT2D eigenvalue weighted by Gasteiger charge is -2.08. The van der Waals surface area contributed by atoms with Crippen molar-refractivity contribution in [1.82, 2.24) is 0 Å². The molecule has 0 fully saturated rings. The standard InChI is InChI=1S/C22H16ClNO4/c23-17-7-3-4-8-18(17)24-20(25)13-28-21(26)11-15-12-27-19-10-9-14-5-1-2-6-16(14)22(15)19/h1-10,12H,11,13H2,(H,24,25). The highest BCUT2D eigenvalue weighted by Gasteiger charge is 2.15. The van der Waals surface area contributed by atoms with Gasteiger partial charge in [-0.3, -0.25) is 9.59 Å². The van der Waals surface area contributed by atoms with Crippen LogP contribution in [0.2, 0.25) is 5.02 Å². The van der Waals surface area contributed by atoms with E-state index >= 15 is 0 Å². The molecule has 0 radical (unpaired) electrons. The number of para-hydroxylation sites is 1. The summed E-state index contributed by atoms with van der Waals surface area (Å²) in [5.41, 5.74) is 1.90. The first kappa shape index (κ1) is 18.1. The molecule has 0 spiro atoms. The number of carbonyl (C=O) groups excluding carboxylic acids is 2. The van der Waals surface area contributed by atoms with Gasteiger partial charge in [0.05, 0.1) is 23.4 Å². The van der Waals surface area contributed by atoms with Crippen molar-refractivity contribution in [2.75, 3.05) is 11.9 Å². The van der Waals surface area contributed by atoms with Gasteiger partial charge < -0.3 is 14.5 Å². The predicted octanol–water partition coefficient (Wildman–Crippen LogP) is 4.96. The van der Waals surface area contributed by atoms with Crippen LogP contribution in [0.25, 0.3) is 21.7 Å². The summed E-state index contributed by atoms with van der Waals surface area (Å²) in [6.07, 6.45) is 1.57. The van der Waals surface area contributed by atoms with E-state index in [1.165, 1.54) is 0 Å². The van der Waals surface area contributed by atoms with Gasteiger partial charge >= 0.3 is 5.97 Å². The third kappa shape index (κ3) is 3.70. The van der Waals surface area contributed by atoms with Gasteiger partial charge in [-0.15, -0.1) is 0 Å². The van der Waals surface area contributed by atoms with Crippen LogP contribution in [0.4, 0.5) is 5.69 Å². The molecule has 28 heavy (non-hydrogen) atoms. The van der Waals surface area contributed by atoms with E-state index in [1.807, 2.05) is 36.4 Å². The third-order valence-corrected chi connectivity index (χ3v) is 4.72. The zero-order valence-electron chi connectivity index (χ0n) is 14.8. The lowest BCUT2D eigenvalue weighted by atomic mass is 10.0. The van der Waals surface area contributed by atoms with E-state index in [2.05, 4.69) is 5.32 Å². The molecular weight excluding hydrogens is 378 g/mol. The molecule has 1 heterocycles. The van der Waals surface area contributed by atoms with Gasteiger partial charge in [-0.2, -0.15) is 0 Å². The van der Waals surface area contributed by atoms with E-state index in [-0.39, 0.29) is 13.0 Å². The van der Waals surface area contributed by atoms with Crippen LogP contribution < -0.4 is 5.32 Å². The number of amides is 1. The summed E-state index contributed by atoms with van der Waals surface area (Å²) in [6.45, 7) is -0.388. The van der Waals surface area contributed by atoms with E-state index in [1.54, 1.807) is 30.5 Å². The number of anilines is 1. The predicted molar refractivity (Wildman–Crippen MR) is 108 cm³/mol. The Hall–Kier alpha value is -3.31. The topological polar surface area (TPSA) is 68.5 Å². The molecule has 1 aromatic heterocycles. The van der Waals surface area contributed by atoms with Crippen molar-refractivity contribution in [2.45, 2.75) is 6.42 Å². The van der Waals surface area contributed by atoms with Crippen molar-refractivity contribution in [1.29, 1.82) is 0 Å². The Morgan fingerprint density at radius 2 is 1.79 bits per heavy atom. The maximum atomic E-state index is 12.2. The van der Waals surface area contributed by atoms with Crippen molar-refractivity contribution in [3.05, 3.63) is 77.5 Å². The van der Waals surface area contributed by atoms with Gasteiger partial charge in [0.25, 0.3) is 5.91 Å². The third-order valence-electron chi connectivity index (χ3n) is 4.39. The Morgan fingerprint density at radius 3 is 2.64 bits per heavy atom. The molecule has 5 nitrogen and oxygen atoms in total. The lowest BCUT2D eigenvalue weighted by Crippen LogP contribution is -2.21. The van der Waals surface area contributed by atoms with Gasteiger partial charge in [0, 0.05) is 10.9 Å². The molecule has 0 aliphatic carbocycles. The van der Waals surface area contributed by atoms with Crippen LogP contribution in [0, 0.1) is 0 Å². The molecule has 1 N–H and O–H groups in total. The molecular formula is C22H16ClNO4. The van der Waals surface area contributed by atoms with Crippen molar-refractivity contribution >= 4 is 50.9 Å². The van der Waals surface area contributed by atoms with Crippen LogP contribution in [0.1, 0.15) is 5.56 Å². The van der Waals surface area contributed by atoms with E-state index in [4.69, 9.17) is 20.8 Å². The van der Waals surface area contributed by atoms with Crippen LogP contribution in [0.5, 0.6) is 0 Å². The summed E-state index contributed by atoms with van der Waals surface area (Å²) in [5, 5.41) is 5.98. The number of hydrogen-bond acceptors (Lipinski definition) is 4. The molecule has 0 saturated heterocycles. The SMILES string of the molecule is O=C(COC(=O)Cc1coc2ccc3ccccc3c12)Nc1ccccc1Cl. The second-order valence-corrected chi connectivity index (χ2v) is 6.69. The van der Waals surface area contributed by atoms with E-state index in [0.29, 0.717) is 16.3 Å². The number of rotatable bonds is 5. The van der Waals surface area contributed by atoms with Crippen molar-refractivity contribution in [3.63, 3.8) is 0 Å². The fourth-order valence-corrected chi connectivity index (χ4v) is 3.29. The number of halogens is 1. The molecule has 0 bridgehead atoms. The molecule has 0 aliphatic rings. The quantitative estimate of drug-likeness (QED) is 0.486. The highest BCUT2D eigenvalue weighted by atomic mass is 35.5. The zero-order chi connectivity index (χ0) is 19.5. The maximum Gasteiger partial charge on any atom is 0.310 e. The number of ether oxygens (including phenoxy) is 1. The number of esters is 1. The van der Waals surface area contributed by atoms with E-state index in [0.717, 1.165) is 21.7 Å². The molecule has 0 aliphatic heterocycles. The van der Waals surface area contributed by atoms with Crippen LogP contribution in [0.3, 0.4) is 0 Å².